The van der Waals surface area contributed by atoms with E-state index in [4.69, 9.17) is 27.9 Å². The summed E-state index contributed by atoms with van der Waals surface area (Å²) in [5, 5.41) is 13.7. The van der Waals surface area contributed by atoms with E-state index in [1.165, 1.54) is 0 Å². The van der Waals surface area contributed by atoms with Gasteiger partial charge in [-0.25, -0.2) is 9.59 Å². The molecular formula is C26H20Cl2N2O4. The maximum absolute atomic E-state index is 12.6. The molecule has 5 rings (SSSR count). The van der Waals surface area contributed by atoms with Crippen LogP contribution >= 0.6 is 23.2 Å². The maximum Gasteiger partial charge on any atom is 0.407 e. The monoisotopic (exact) mass is 494 g/mol. The summed E-state index contributed by atoms with van der Waals surface area (Å²) in [7, 11) is 0. The molecule has 3 N–H and O–H groups in total. The van der Waals surface area contributed by atoms with E-state index >= 15 is 0 Å². The molecule has 4 aromatic rings. The fourth-order valence-electron chi connectivity index (χ4n) is 4.55. The van der Waals surface area contributed by atoms with Crippen molar-refractivity contribution < 1.29 is 19.4 Å². The SMILES string of the molecule is O=C(N[C@@H](Cc1c[nH]c2cc(Cl)c(Cl)cc12)C(=O)O)OCC1c2ccccc2-c2ccccc21. The summed E-state index contributed by atoms with van der Waals surface area (Å²) < 4.78 is 5.50. The molecule has 1 aliphatic rings. The van der Waals surface area contributed by atoms with Gasteiger partial charge in [-0.3, -0.25) is 0 Å². The van der Waals surface area contributed by atoms with Crippen molar-refractivity contribution in [1.82, 2.24) is 10.3 Å². The first-order valence-corrected chi connectivity index (χ1v) is 11.5. The second-order valence-electron chi connectivity index (χ2n) is 8.19. The van der Waals surface area contributed by atoms with Crippen molar-refractivity contribution in [2.75, 3.05) is 6.61 Å². The summed E-state index contributed by atoms with van der Waals surface area (Å²) in [6.07, 6.45) is 0.958. The zero-order chi connectivity index (χ0) is 23.8. The van der Waals surface area contributed by atoms with Gasteiger partial charge in [-0.1, -0.05) is 71.7 Å². The van der Waals surface area contributed by atoms with Gasteiger partial charge < -0.3 is 20.1 Å². The average molecular weight is 495 g/mol. The van der Waals surface area contributed by atoms with E-state index in [1.54, 1.807) is 18.3 Å². The Balaban J connectivity index is 1.29. The number of nitrogens with one attached hydrogen (secondary N) is 2. The minimum absolute atomic E-state index is 0.0531. The molecule has 0 radical (unpaired) electrons. The van der Waals surface area contributed by atoms with Crippen LogP contribution in [0.25, 0.3) is 22.0 Å². The molecule has 1 aliphatic carbocycles. The van der Waals surface area contributed by atoms with Crippen molar-refractivity contribution in [2.45, 2.75) is 18.4 Å². The van der Waals surface area contributed by atoms with Gasteiger partial charge in [0.15, 0.2) is 0 Å². The number of alkyl carbamates (subject to hydrolysis) is 1. The smallest absolute Gasteiger partial charge is 0.407 e. The number of H-pyrrole nitrogens is 1. The Kier molecular flexibility index (Phi) is 5.94. The van der Waals surface area contributed by atoms with E-state index in [-0.39, 0.29) is 18.9 Å². The number of halogens is 2. The molecule has 1 atom stereocenters. The van der Waals surface area contributed by atoms with E-state index in [0.717, 1.165) is 33.2 Å². The fraction of sp³-hybridized carbons (Fsp3) is 0.154. The van der Waals surface area contributed by atoms with Gasteiger partial charge in [0.2, 0.25) is 0 Å². The minimum atomic E-state index is -1.18. The van der Waals surface area contributed by atoms with E-state index in [0.29, 0.717) is 15.6 Å². The Morgan fingerprint density at radius 3 is 2.26 bits per heavy atom. The molecule has 0 unspecified atom stereocenters. The molecule has 0 saturated carbocycles. The van der Waals surface area contributed by atoms with Gasteiger partial charge in [0.1, 0.15) is 12.6 Å². The van der Waals surface area contributed by atoms with Gasteiger partial charge in [0, 0.05) is 29.4 Å². The Labute approximate surface area is 205 Å². The van der Waals surface area contributed by atoms with Crippen molar-refractivity contribution in [3.05, 3.63) is 93.6 Å². The highest BCUT2D eigenvalue weighted by molar-refractivity contribution is 6.42. The van der Waals surface area contributed by atoms with Gasteiger partial charge in [0.25, 0.3) is 0 Å². The summed E-state index contributed by atoms with van der Waals surface area (Å²) in [6, 6.07) is 18.2. The Morgan fingerprint density at radius 2 is 1.62 bits per heavy atom. The highest BCUT2D eigenvalue weighted by atomic mass is 35.5. The molecule has 8 heteroatoms. The van der Waals surface area contributed by atoms with Crippen LogP contribution in [0.3, 0.4) is 0 Å². The topological polar surface area (TPSA) is 91.4 Å². The number of carboxylic acids is 1. The highest BCUT2D eigenvalue weighted by Gasteiger charge is 2.30. The number of amides is 1. The third-order valence-electron chi connectivity index (χ3n) is 6.17. The number of aromatic amines is 1. The zero-order valence-electron chi connectivity index (χ0n) is 17.8. The maximum atomic E-state index is 12.6. The molecule has 0 aliphatic heterocycles. The summed E-state index contributed by atoms with van der Waals surface area (Å²) in [5.74, 6) is -1.27. The van der Waals surface area contributed by atoms with Crippen LogP contribution < -0.4 is 5.32 Å². The minimum Gasteiger partial charge on any atom is -0.480 e. The van der Waals surface area contributed by atoms with Gasteiger partial charge in [-0.2, -0.15) is 0 Å². The van der Waals surface area contributed by atoms with E-state index in [9.17, 15) is 14.7 Å². The first-order valence-electron chi connectivity index (χ1n) is 10.7. The van der Waals surface area contributed by atoms with Crippen LogP contribution in [0.1, 0.15) is 22.6 Å². The Bertz CT molecular complexity index is 1370. The average Bonchev–Trinajstić information content (AvgIpc) is 3.36. The quantitative estimate of drug-likeness (QED) is 0.306. The van der Waals surface area contributed by atoms with Crippen LogP contribution in [0.4, 0.5) is 4.79 Å². The number of aliphatic carboxylic acids is 1. The lowest BCUT2D eigenvalue weighted by atomic mass is 9.98. The number of ether oxygens (including phenoxy) is 1. The third kappa shape index (κ3) is 4.11. The number of fused-ring (bicyclic) bond motifs is 4. The number of hydrogen-bond donors (Lipinski definition) is 3. The summed E-state index contributed by atoms with van der Waals surface area (Å²) in [4.78, 5) is 27.5. The van der Waals surface area contributed by atoms with Crippen LogP contribution in [0.2, 0.25) is 10.0 Å². The first-order chi connectivity index (χ1) is 16.4. The van der Waals surface area contributed by atoms with Crippen molar-refractivity contribution in [3.63, 3.8) is 0 Å². The molecule has 0 saturated heterocycles. The lowest BCUT2D eigenvalue weighted by Gasteiger charge is -2.17. The van der Waals surface area contributed by atoms with Crippen molar-refractivity contribution in [1.29, 1.82) is 0 Å². The van der Waals surface area contributed by atoms with Crippen LogP contribution in [0.15, 0.2) is 66.9 Å². The predicted molar refractivity (Wildman–Crippen MR) is 132 cm³/mol. The summed E-state index contributed by atoms with van der Waals surface area (Å²) in [6.45, 7) is 0.105. The summed E-state index contributed by atoms with van der Waals surface area (Å²) in [5.41, 5.74) is 5.83. The van der Waals surface area contributed by atoms with Crippen LogP contribution in [0, 0.1) is 0 Å². The lowest BCUT2D eigenvalue weighted by Crippen LogP contribution is -2.42. The molecule has 0 spiro atoms. The van der Waals surface area contributed by atoms with Gasteiger partial charge in [0.05, 0.1) is 10.0 Å². The number of rotatable bonds is 6. The van der Waals surface area contributed by atoms with Crippen LogP contribution in [-0.2, 0) is 16.0 Å². The lowest BCUT2D eigenvalue weighted by molar-refractivity contribution is -0.139. The van der Waals surface area contributed by atoms with Crippen LogP contribution in [0.5, 0.6) is 0 Å². The van der Waals surface area contributed by atoms with E-state index < -0.39 is 18.1 Å². The highest BCUT2D eigenvalue weighted by Crippen LogP contribution is 2.44. The van der Waals surface area contributed by atoms with Crippen molar-refractivity contribution in [2.24, 2.45) is 0 Å². The number of benzene rings is 3. The largest absolute Gasteiger partial charge is 0.480 e. The zero-order valence-corrected chi connectivity index (χ0v) is 19.4. The van der Waals surface area contributed by atoms with Crippen LogP contribution in [-0.4, -0.2) is 34.8 Å². The van der Waals surface area contributed by atoms with E-state index in [2.05, 4.69) is 22.4 Å². The molecule has 172 valence electrons. The second-order valence-corrected chi connectivity index (χ2v) is 9.01. The van der Waals surface area contributed by atoms with Gasteiger partial charge >= 0.3 is 12.1 Å². The molecule has 0 bridgehead atoms. The molecule has 1 amide bonds. The van der Waals surface area contributed by atoms with Crippen molar-refractivity contribution in [3.8, 4) is 11.1 Å². The van der Waals surface area contributed by atoms with Gasteiger partial charge in [-0.05, 0) is 39.9 Å². The second kappa shape index (κ2) is 9.05. The van der Waals surface area contributed by atoms with E-state index in [1.807, 2.05) is 36.4 Å². The first kappa shape index (κ1) is 22.3. The number of carboxylic acid groups (broad SMARTS) is 1. The standard InChI is InChI=1S/C26H20Cl2N2O4/c27-21-10-19-14(12-29-23(19)11-22(21)28)9-24(25(31)32)30-26(33)34-13-20-17-7-3-1-5-15(17)16-6-2-4-8-18(16)20/h1-8,10-12,20,24,29H,9,13H2,(H,30,33)(H,31,32)/t24-/m0/s1. The molecule has 6 nitrogen and oxygen atoms in total. The number of carbonyl (C=O) groups excluding carboxylic acids is 1. The Hall–Kier alpha value is -3.48. The molecule has 34 heavy (non-hydrogen) atoms. The van der Waals surface area contributed by atoms with Crippen molar-refractivity contribution >= 4 is 46.2 Å². The molecule has 3 aromatic carbocycles. The third-order valence-corrected chi connectivity index (χ3v) is 6.89. The fourth-order valence-corrected chi connectivity index (χ4v) is 4.87. The predicted octanol–water partition coefficient (Wildman–Crippen LogP) is 6.01. The molecular weight excluding hydrogens is 475 g/mol. The van der Waals surface area contributed by atoms with Gasteiger partial charge in [-0.15, -0.1) is 0 Å². The Morgan fingerprint density at radius 1 is 1.00 bits per heavy atom. The number of aromatic nitrogens is 1. The molecule has 1 heterocycles. The molecule has 0 fully saturated rings. The molecule has 1 aromatic heterocycles. The number of carbonyl (C=O) groups is 2. The summed E-state index contributed by atoms with van der Waals surface area (Å²) >= 11 is 12.2. The number of hydrogen-bond acceptors (Lipinski definition) is 3. The normalized spacial score (nSPS) is 13.4.